The minimum absolute atomic E-state index is 0.449. The molecule has 37 heavy (non-hydrogen) atoms. The summed E-state index contributed by atoms with van der Waals surface area (Å²) in [6.45, 7) is 2.94. The molecular formula is C28H27ClN8. The second-order valence-corrected chi connectivity index (χ2v) is 8.86. The Labute approximate surface area is 220 Å². The molecule has 0 aliphatic heterocycles. The van der Waals surface area contributed by atoms with E-state index in [1.807, 2.05) is 78.9 Å². The van der Waals surface area contributed by atoms with Crippen molar-refractivity contribution in [3.8, 4) is 0 Å². The van der Waals surface area contributed by atoms with Crippen molar-refractivity contribution in [2.45, 2.75) is 19.8 Å². The van der Waals surface area contributed by atoms with Gasteiger partial charge in [-0.1, -0.05) is 43.1 Å². The van der Waals surface area contributed by atoms with Crippen LogP contribution < -0.4 is 21.3 Å². The third-order valence-electron chi connectivity index (χ3n) is 5.60. The van der Waals surface area contributed by atoms with Crippen molar-refractivity contribution in [1.82, 2.24) is 19.9 Å². The van der Waals surface area contributed by atoms with Crippen LogP contribution in [0.15, 0.2) is 85.1 Å². The van der Waals surface area contributed by atoms with E-state index in [1.165, 1.54) is 0 Å². The Morgan fingerprint density at radius 1 is 0.703 bits per heavy atom. The zero-order valence-electron chi connectivity index (χ0n) is 20.4. The minimum Gasteiger partial charge on any atom is -0.355 e. The van der Waals surface area contributed by atoms with Crippen molar-refractivity contribution < 1.29 is 0 Å². The van der Waals surface area contributed by atoms with Crippen LogP contribution in [0.2, 0.25) is 5.02 Å². The summed E-state index contributed by atoms with van der Waals surface area (Å²) in [5.74, 6) is 1.43. The normalized spacial score (nSPS) is 10.8. The zero-order valence-corrected chi connectivity index (χ0v) is 21.1. The van der Waals surface area contributed by atoms with E-state index in [9.17, 15) is 0 Å². The van der Waals surface area contributed by atoms with Crippen LogP contribution in [0.25, 0.3) is 10.9 Å². The van der Waals surface area contributed by atoms with Gasteiger partial charge in [-0.15, -0.1) is 0 Å². The van der Waals surface area contributed by atoms with Gasteiger partial charge in [-0.2, -0.15) is 15.0 Å². The highest BCUT2D eigenvalue weighted by atomic mass is 35.5. The van der Waals surface area contributed by atoms with E-state index in [-0.39, 0.29) is 0 Å². The first kappa shape index (κ1) is 24.3. The second kappa shape index (κ2) is 11.5. The maximum atomic E-state index is 6.12. The summed E-state index contributed by atoms with van der Waals surface area (Å²) in [5.41, 5.74) is 4.50. The Kier molecular flexibility index (Phi) is 7.57. The maximum Gasteiger partial charge on any atom is 0.233 e. The number of halogens is 1. The summed E-state index contributed by atoms with van der Waals surface area (Å²) in [6.07, 6.45) is 3.89. The van der Waals surface area contributed by atoms with Crippen molar-refractivity contribution in [3.05, 3.63) is 90.1 Å². The Hall–Kier alpha value is -4.43. The molecule has 9 heteroatoms. The molecule has 2 heterocycles. The SMILES string of the molecule is CCCCNc1nc(Nc2ccccc2)nc(Nc2ccc(Nc3ccnc4cc(Cl)ccc34)cc2)n1. The van der Waals surface area contributed by atoms with Gasteiger partial charge in [-0.25, -0.2) is 0 Å². The standard InChI is InChI=1S/C28H27ClN8/c1-2-3-16-31-26-35-27(33-20-7-5-4-6-8-20)37-28(36-26)34-22-12-10-21(11-13-22)32-24-15-17-30-25-18-19(29)9-14-23(24)25/h4-15,17-18H,2-3,16H2,1H3,(H,30,32)(H3,31,33,34,35,36,37). The lowest BCUT2D eigenvalue weighted by Crippen LogP contribution is -2.10. The number of rotatable bonds is 10. The highest BCUT2D eigenvalue weighted by molar-refractivity contribution is 6.31. The first-order chi connectivity index (χ1) is 18.2. The number of para-hydroxylation sites is 1. The molecule has 5 aromatic rings. The van der Waals surface area contributed by atoms with Crippen molar-refractivity contribution in [2.24, 2.45) is 0 Å². The number of pyridine rings is 1. The topological polar surface area (TPSA) is 99.7 Å². The van der Waals surface area contributed by atoms with Gasteiger partial charge in [0.2, 0.25) is 17.8 Å². The summed E-state index contributed by atoms with van der Waals surface area (Å²) >= 11 is 6.12. The van der Waals surface area contributed by atoms with Crippen LogP contribution in [0.5, 0.6) is 0 Å². The molecule has 0 fully saturated rings. The van der Waals surface area contributed by atoms with Crippen LogP contribution in [0.3, 0.4) is 0 Å². The van der Waals surface area contributed by atoms with Gasteiger partial charge in [0.1, 0.15) is 0 Å². The Bertz CT molecular complexity index is 1480. The lowest BCUT2D eigenvalue weighted by Gasteiger charge is -2.12. The van der Waals surface area contributed by atoms with Crippen LogP contribution in [0.1, 0.15) is 19.8 Å². The van der Waals surface area contributed by atoms with Crippen LogP contribution >= 0.6 is 11.6 Å². The molecular weight excluding hydrogens is 484 g/mol. The number of benzene rings is 3. The number of aromatic nitrogens is 4. The number of anilines is 7. The molecule has 2 aromatic heterocycles. The first-order valence-corrected chi connectivity index (χ1v) is 12.5. The molecule has 5 rings (SSSR count). The van der Waals surface area contributed by atoms with E-state index in [4.69, 9.17) is 11.6 Å². The average molecular weight is 511 g/mol. The predicted molar refractivity (Wildman–Crippen MR) is 153 cm³/mol. The fourth-order valence-corrected chi connectivity index (χ4v) is 3.91. The zero-order chi connectivity index (χ0) is 25.5. The maximum absolute atomic E-state index is 6.12. The molecule has 3 aromatic carbocycles. The number of unbranched alkanes of at least 4 members (excludes halogenated alkanes) is 1. The van der Waals surface area contributed by atoms with E-state index in [0.29, 0.717) is 22.9 Å². The monoisotopic (exact) mass is 510 g/mol. The van der Waals surface area contributed by atoms with Gasteiger partial charge >= 0.3 is 0 Å². The third-order valence-corrected chi connectivity index (χ3v) is 5.84. The van der Waals surface area contributed by atoms with E-state index in [1.54, 1.807) is 6.20 Å². The molecule has 0 saturated heterocycles. The number of hydrogen-bond acceptors (Lipinski definition) is 8. The van der Waals surface area contributed by atoms with E-state index in [2.05, 4.69) is 48.1 Å². The molecule has 0 atom stereocenters. The number of hydrogen-bond donors (Lipinski definition) is 4. The number of fused-ring (bicyclic) bond motifs is 1. The highest BCUT2D eigenvalue weighted by Crippen LogP contribution is 2.28. The Morgan fingerprint density at radius 3 is 2.05 bits per heavy atom. The fraction of sp³-hybridized carbons (Fsp3) is 0.143. The number of nitrogens with one attached hydrogen (secondary N) is 4. The van der Waals surface area contributed by atoms with Gasteiger partial charge in [0.05, 0.1) is 5.52 Å². The quantitative estimate of drug-likeness (QED) is 0.143. The molecule has 0 radical (unpaired) electrons. The van der Waals surface area contributed by atoms with Crippen LogP contribution in [-0.2, 0) is 0 Å². The lowest BCUT2D eigenvalue weighted by atomic mass is 10.2. The summed E-state index contributed by atoms with van der Waals surface area (Å²) in [5, 5.41) is 15.0. The summed E-state index contributed by atoms with van der Waals surface area (Å²) in [7, 11) is 0. The second-order valence-electron chi connectivity index (χ2n) is 8.42. The molecule has 186 valence electrons. The molecule has 8 nitrogen and oxygen atoms in total. The smallest absolute Gasteiger partial charge is 0.233 e. The van der Waals surface area contributed by atoms with Gasteiger partial charge in [0, 0.05) is 45.9 Å². The van der Waals surface area contributed by atoms with Crippen LogP contribution in [-0.4, -0.2) is 26.5 Å². The summed E-state index contributed by atoms with van der Waals surface area (Å²) < 4.78 is 0. The molecule has 0 aliphatic carbocycles. The van der Waals surface area contributed by atoms with E-state index in [0.717, 1.165) is 53.0 Å². The van der Waals surface area contributed by atoms with Gasteiger partial charge in [0.15, 0.2) is 0 Å². The summed E-state index contributed by atoms with van der Waals surface area (Å²) in [6, 6.07) is 25.4. The molecule has 0 amide bonds. The van der Waals surface area contributed by atoms with Crippen molar-refractivity contribution in [3.63, 3.8) is 0 Å². The molecule has 0 bridgehead atoms. The molecule has 0 aliphatic rings. The number of nitrogens with zero attached hydrogens (tertiary/aromatic N) is 4. The lowest BCUT2D eigenvalue weighted by molar-refractivity contribution is 0.825. The third kappa shape index (κ3) is 6.42. The van der Waals surface area contributed by atoms with E-state index >= 15 is 0 Å². The first-order valence-electron chi connectivity index (χ1n) is 12.2. The molecule has 0 unspecified atom stereocenters. The van der Waals surface area contributed by atoms with Crippen molar-refractivity contribution in [2.75, 3.05) is 27.8 Å². The molecule has 0 spiro atoms. The largest absolute Gasteiger partial charge is 0.355 e. The van der Waals surface area contributed by atoms with Gasteiger partial charge in [-0.05, 0) is 67.1 Å². The van der Waals surface area contributed by atoms with Crippen molar-refractivity contribution >= 4 is 63.1 Å². The summed E-state index contributed by atoms with van der Waals surface area (Å²) in [4.78, 5) is 18.1. The predicted octanol–water partition coefficient (Wildman–Crippen LogP) is 7.52. The van der Waals surface area contributed by atoms with Crippen LogP contribution in [0.4, 0.5) is 40.6 Å². The Morgan fingerprint density at radius 2 is 1.35 bits per heavy atom. The van der Waals surface area contributed by atoms with Crippen molar-refractivity contribution in [1.29, 1.82) is 0 Å². The minimum atomic E-state index is 0.449. The van der Waals surface area contributed by atoms with Gasteiger partial charge in [-0.3, -0.25) is 4.98 Å². The van der Waals surface area contributed by atoms with Crippen LogP contribution in [0, 0.1) is 0 Å². The molecule has 4 N–H and O–H groups in total. The average Bonchev–Trinajstić information content (AvgIpc) is 2.90. The highest BCUT2D eigenvalue weighted by Gasteiger charge is 2.08. The van der Waals surface area contributed by atoms with Gasteiger partial charge in [0.25, 0.3) is 0 Å². The molecule has 0 saturated carbocycles. The Balaban J connectivity index is 1.33. The van der Waals surface area contributed by atoms with Gasteiger partial charge < -0.3 is 21.3 Å². The van der Waals surface area contributed by atoms with E-state index < -0.39 is 0 Å². The fourth-order valence-electron chi connectivity index (χ4n) is 3.75.